The number of anilines is 3. The first kappa shape index (κ1) is 18.4. The summed E-state index contributed by atoms with van der Waals surface area (Å²) in [5.74, 6) is 0.777. The van der Waals surface area contributed by atoms with Gasteiger partial charge in [0.05, 0.1) is 25.8 Å². The first-order chi connectivity index (χ1) is 12.5. The molecule has 1 aliphatic rings. The predicted octanol–water partition coefficient (Wildman–Crippen LogP) is 1.10. The largest absolute Gasteiger partial charge is 0.378 e. The minimum Gasteiger partial charge on any atom is -0.378 e. The Morgan fingerprint density at radius 1 is 1.15 bits per heavy atom. The van der Waals surface area contributed by atoms with E-state index < -0.39 is 0 Å². The molecular weight excluding hydrogens is 337 g/mol. The summed E-state index contributed by atoms with van der Waals surface area (Å²) in [6.45, 7) is 3.98. The number of benzene rings is 1. The molecule has 1 aromatic heterocycles. The molecule has 8 nitrogen and oxygen atoms in total. The lowest BCUT2D eigenvalue weighted by molar-refractivity contribution is -0.0573. The van der Waals surface area contributed by atoms with E-state index >= 15 is 0 Å². The summed E-state index contributed by atoms with van der Waals surface area (Å²) >= 11 is 0. The Labute approximate surface area is 152 Å². The SMILES string of the molecule is CN(CCN(C)C1COC1)Cc1nc(N)nc(Nc2ccc(F)cc2)n1. The number of halogens is 1. The number of nitrogens with one attached hydrogen (secondary N) is 1. The summed E-state index contributed by atoms with van der Waals surface area (Å²) in [6, 6.07) is 6.47. The molecular formula is C17H24FN7O. The zero-order valence-corrected chi connectivity index (χ0v) is 15.0. The maximum atomic E-state index is 13.0. The molecule has 0 atom stereocenters. The van der Waals surface area contributed by atoms with E-state index in [0.717, 1.165) is 26.3 Å². The van der Waals surface area contributed by atoms with Crippen molar-refractivity contribution in [2.75, 3.05) is 51.4 Å². The number of likely N-dealkylation sites (N-methyl/N-ethyl adjacent to an activating group) is 2. The fraction of sp³-hybridized carbons (Fsp3) is 0.471. The summed E-state index contributed by atoms with van der Waals surface area (Å²) in [7, 11) is 4.12. The van der Waals surface area contributed by atoms with Gasteiger partial charge < -0.3 is 15.8 Å². The van der Waals surface area contributed by atoms with Gasteiger partial charge in [0.2, 0.25) is 11.9 Å². The number of hydrogen-bond acceptors (Lipinski definition) is 8. The third-order valence-electron chi connectivity index (χ3n) is 4.29. The van der Waals surface area contributed by atoms with E-state index in [1.165, 1.54) is 12.1 Å². The molecule has 1 aromatic carbocycles. The van der Waals surface area contributed by atoms with Crippen LogP contribution in [-0.2, 0) is 11.3 Å². The van der Waals surface area contributed by atoms with Crippen molar-refractivity contribution in [2.24, 2.45) is 0 Å². The number of aromatic nitrogens is 3. The van der Waals surface area contributed by atoms with Crippen LogP contribution in [0.2, 0.25) is 0 Å². The van der Waals surface area contributed by atoms with Crippen LogP contribution in [0.1, 0.15) is 5.82 Å². The number of nitrogen functional groups attached to an aromatic ring is 1. The van der Waals surface area contributed by atoms with Crippen LogP contribution < -0.4 is 11.1 Å². The van der Waals surface area contributed by atoms with E-state index in [1.54, 1.807) is 12.1 Å². The average Bonchev–Trinajstić information content (AvgIpc) is 2.53. The van der Waals surface area contributed by atoms with E-state index in [4.69, 9.17) is 10.5 Å². The normalized spacial score (nSPS) is 14.7. The van der Waals surface area contributed by atoms with Crippen LogP contribution >= 0.6 is 0 Å². The summed E-state index contributed by atoms with van der Waals surface area (Å²) in [5.41, 5.74) is 6.48. The molecule has 2 heterocycles. The molecule has 1 saturated heterocycles. The first-order valence-electron chi connectivity index (χ1n) is 8.49. The second kappa shape index (κ2) is 8.35. The molecule has 3 rings (SSSR count). The highest BCUT2D eigenvalue weighted by molar-refractivity contribution is 5.53. The highest BCUT2D eigenvalue weighted by Gasteiger charge is 2.22. The molecule has 0 spiro atoms. The van der Waals surface area contributed by atoms with Crippen LogP contribution in [0.25, 0.3) is 0 Å². The smallest absolute Gasteiger partial charge is 0.232 e. The minimum atomic E-state index is -0.300. The van der Waals surface area contributed by atoms with Gasteiger partial charge >= 0.3 is 0 Å². The molecule has 0 radical (unpaired) electrons. The van der Waals surface area contributed by atoms with Gasteiger partial charge in [-0.05, 0) is 38.4 Å². The van der Waals surface area contributed by atoms with Crippen LogP contribution in [0.5, 0.6) is 0 Å². The van der Waals surface area contributed by atoms with Crippen molar-refractivity contribution in [1.29, 1.82) is 0 Å². The Hall–Kier alpha value is -2.36. The molecule has 26 heavy (non-hydrogen) atoms. The zero-order valence-electron chi connectivity index (χ0n) is 15.0. The molecule has 1 aliphatic heterocycles. The molecule has 2 aromatic rings. The van der Waals surface area contributed by atoms with Crippen molar-refractivity contribution >= 4 is 17.6 Å². The number of hydrogen-bond donors (Lipinski definition) is 2. The van der Waals surface area contributed by atoms with Crippen molar-refractivity contribution < 1.29 is 9.13 Å². The number of nitrogens with zero attached hydrogens (tertiary/aromatic N) is 5. The van der Waals surface area contributed by atoms with E-state index in [1.807, 2.05) is 7.05 Å². The molecule has 0 saturated carbocycles. The van der Waals surface area contributed by atoms with Gasteiger partial charge in [-0.3, -0.25) is 9.80 Å². The summed E-state index contributed by atoms with van der Waals surface area (Å²) in [5, 5.41) is 3.02. The van der Waals surface area contributed by atoms with Crippen LogP contribution in [0.4, 0.5) is 22.0 Å². The van der Waals surface area contributed by atoms with Crippen LogP contribution in [-0.4, -0.2) is 71.2 Å². The Morgan fingerprint density at radius 3 is 2.54 bits per heavy atom. The van der Waals surface area contributed by atoms with Crippen molar-refractivity contribution in [3.05, 3.63) is 35.9 Å². The quantitative estimate of drug-likeness (QED) is 0.722. The van der Waals surface area contributed by atoms with Crippen LogP contribution in [0.3, 0.4) is 0 Å². The molecule has 0 aliphatic carbocycles. The molecule has 9 heteroatoms. The molecule has 140 valence electrons. The molecule has 3 N–H and O–H groups in total. The van der Waals surface area contributed by atoms with E-state index in [0.29, 0.717) is 30.0 Å². The maximum absolute atomic E-state index is 13.0. The lowest BCUT2D eigenvalue weighted by Crippen LogP contribution is -2.49. The highest BCUT2D eigenvalue weighted by Crippen LogP contribution is 2.14. The lowest BCUT2D eigenvalue weighted by Gasteiger charge is -2.35. The van der Waals surface area contributed by atoms with Crippen molar-refractivity contribution in [3.8, 4) is 0 Å². The Balaban J connectivity index is 1.56. The van der Waals surface area contributed by atoms with Crippen LogP contribution in [0.15, 0.2) is 24.3 Å². The van der Waals surface area contributed by atoms with Gasteiger partial charge in [0.1, 0.15) is 11.6 Å². The fourth-order valence-electron chi connectivity index (χ4n) is 2.54. The fourth-order valence-corrected chi connectivity index (χ4v) is 2.54. The van der Waals surface area contributed by atoms with Gasteiger partial charge in [0.25, 0.3) is 0 Å². The molecule has 0 bridgehead atoms. The van der Waals surface area contributed by atoms with E-state index in [2.05, 4.69) is 37.1 Å². The van der Waals surface area contributed by atoms with Gasteiger partial charge in [-0.15, -0.1) is 0 Å². The van der Waals surface area contributed by atoms with Crippen molar-refractivity contribution in [2.45, 2.75) is 12.6 Å². The molecule has 0 amide bonds. The molecule has 1 fully saturated rings. The maximum Gasteiger partial charge on any atom is 0.232 e. The van der Waals surface area contributed by atoms with Crippen molar-refractivity contribution in [3.63, 3.8) is 0 Å². The minimum absolute atomic E-state index is 0.150. The number of nitrogens with two attached hydrogens (primary N) is 1. The number of ether oxygens (including phenoxy) is 1. The Morgan fingerprint density at radius 2 is 1.88 bits per heavy atom. The van der Waals surface area contributed by atoms with Gasteiger partial charge in [0, 0.05) is 18.8 Å². The van der Waals surface area contributed by atoms with E-state index in [9.17, 15) is 4.39 Å². The second-order valence-corrected chi connectivity index (χ2v) is 6.48. The van der Waals surface area contributed by atoms with Gasteiger partial charge in [0.15, 0.2) is 0 Å². The van der Waals surface area contributed by atoms with Gasteiger partial charge in [-0.2, -0.15) is 15.0 Å². The third-order valence-corrected chi connectivity index (χ3v) is 4.29. The topological polar surface area (TPSA) is 92.4 Å². The van der Waals surface area contributed by atoms with E-state index in [-0.39, 0.29) is 11.8 Å². The van der Waals surface area contributed by atoms with Crippen molar-refractivity contribution in [1.82, 2.24) is 24.8 Å². The summed E-state index contributed by atoms with van der Waals surface area (Å²) in [6.07, 6.45) is 0. The lowest BCUT2D eigenvalue weighted by atomic mass is 10.2. The summed E-state index contributed by atoms with van der Waals surface area (Å²) in [4.78, 5) is 17.1. The Kier molecular flexibility index (Phi) is 5.92. The predicted molar refractivity (Wildman–Crippen MR) is 97.5 cm³/mol. The third kappa shape index (κ3) is 5.07. The van der Waals surface area contributed by atoms with Crippen LogP contribution in [0, 0.1) is 5.82 Å². The second-order valence-electron chi connectivity index (χ2n) is 6.48. The highest BCUT2D eigenvalue weighted by atomic mass is 19.1. The zero-order chi connectivity index (χ0) is 18.5. The van der Waals surface area contributed by atoms with Gasteiger partial charge in [-0.25, -0.2) is 4.39 Å². The van der Waals surface area contributed by atoms with Gasteiger partial charge in [-0.1, -0.05) is 0 Å². The standard InChI is InChI=1S/C17H24FN7O/c1-24(7-8-25(2)14-10-26-11-14)9-15-21-16(19)23-17(22-15)20-13-5-3-12(18)4-6-13/h3-6,14H,7-11H2,1-2H3,(H3,19,20,21,22,23). The molecule has 0 unspecified atom stereocenters. The summed E-state index contributed by atoms with van der Waals surface area (Å²) < 4.78 is 18.2. The first-order valence-corrected chi connectivity index (χ1v) is 8.49. The number of rotatable bonds is 8. The average molecular weight is 361 g/mol. The monoisotopic (exact) mass is 361 g/mol. The Bertz CT molecular complexity index is 724.